The predicted octanol–water partition coefficient (Wildman–Crippen LogP) is 3.96. The van der Waals surface area contributed by atoms with Crippen LogP contribution >= 0.6 is 11.6 Å². The van der Waals surface area contributed by atoms with Gasteiger partial charge in [-0.2, -0.15) is 0 Å². The molecular formula is C22H22ClFN2O5S. The lowest BCUT2D eigenvalue weighted by Gasteiger charge is -2.19. The van der Waals surface area contributed by atoms with E-state index in [1.54, 1.807) is 6.07 Å². The second-order valence-electron chi connectivity index (χ2n) is 7.97. The fourth-order valence-corrected chi connectivity index (χ4v) is 5.82. The highest BCUT2D eigenvalue weighted by molar-refractivity contribution is 7.92. The summed E-state index contributed by atoms with van der Waals surface area (Å²) in [6.07, 6.45) is 3.24. The molecule has 2 aromatic rings. The lowest BCUT2D eigenvalue weighted by atomic mass is 9.81. The van der Waals surface area contributed by atoms with Crippen LogP contribution in [0.3, 0.4) is 0 Å². The molecule has 0 bridgehead atoms. The Morgan fingerprint density at radius 2 is 1.75 bits per heavy atom. The van der Waals surface area contributed by atoms with E-state index < -0.39 is 15.8 Å². The Morgan fingerprint density at radius 1 is 1.09 bits per heavy atom. The van der Waals surface area contributed by atoms with E-state index >= 15 is 0 Å². The Balaban J connectivity index is 1.63. The number of nitrogens with one attached hydrogen (secondary N) is 1. The largest absolute Gasteiger partial charge is 0.495 e. The summed E-state index contributed by atoms with van der Waals surface area (Å²) in [7, 11) is -2.93. The van der Waals surface area contributed by atoms with Crippen molar-refractivity contribution in [3.8, 4) is 5.75 Å². The Hall–Kier alpha value is -2.65. The van der Waals surface area contributed by atoms with Gasteiger partial charge in [-0.15, -0.1) is 0 Å². The van der Waals surface area contributed by atoms with Gasteiger partial charge in [0.1, 0.15) is 16.5 Å². The molecule has 1 saturated heterocycles. The Labute approximate surface area is 190 Å². The minimum absolute atomic E-state index is 0.0352. The molecule has 1 heterocycles. The Bertz CT molecular complexity index is 1160. The third-order valence-electron chi connectivity index (χ3n) is 5.97. The number of methoxy groups -OCH3 is 1. The third-order valence-corrected chi connectivity index (χ3v) is 7.59. The van der Waals surface area contributed by atoms with Crippen molar-refractivity contribution in [3.63, 3.8) is 0 Å². The molecular weight excluding hydrogens is 459 g/mol. The number of amides is 2. The molecule has 0 unspecified atom stereocenters. The number of anilines is 1. The number of nitrogens with zero attached hydrogens (tertiary/aromatic N) is 1. The van der Waals surface area contributed by atoms with Crippen LogP contribution in [0.2, 0.25) is 5.02 Å². The molecule has 32 heavy (non-hydrogen) atoms. The van der Waals surface area contributed by atoms with Crippen LogP contribution in [0, 0.1) is 17.7 Å². The van der Waals surface area contributed by atoms with E-state index in [9.17, 15) is 22.4 Å². The zero-order chi connectivity index (χ0) is 23.0. The summed E-state index contributed by atoms with van der Waals surface area (Å²) in [5, 5.41) is 0.130. The number of rotatable bonds is 6. The van der Waals surface area contributed by atoms with E-state index in [1.165, 1.54) is 36.3 Å². The molecule has 7 nitrogen and oxygen atoms in total. The molecule has 2 aliphatic rings. The van der Waals surface area contributed by atoms with Crippen LogP contribution in [0.1, 0.15) is 31.2 Å². The normalized spacial score (nSPS) is 20.9. The maximum absolute atomic E-state index is 14.1. The number of likely N-dealkylation sites (tertiary alicyclic amines) is 1. The number of sulfonamides is 1. The molecule has 2 aromatic carbocycles. The zero-order valence-corrected chi connectivity index (χ0v) is 18.9. The quantitative estimate of drug-likeness (QED) is 0.632. The number of benzene rings is 2. The maximum atomic E-state index is 14.1. The predicted molar refractivity (Wildman–Crippen MR) is 116 cm³/mol. The lowest BCUT2D eigenvalue weighted by Crippen LogP contribution is -2.30. The van der Waals surface area contributed by atoms with Crippen LogP contribution < -0.4 is 9.46 Å². The van der Waals surface area contributed by atoms with Gasteiger partial charge in [-0.25, -0.2) is 12.8 Å². The topological polar surface area (TPSA) is 92.8 Å². The molecule has 1 N–H and O–H groups in total. The van der Waals surface area contributed by atoms with Gasteiger partial charge in [0.25, 0.3) is 10.0 Å². The average molecular weight is 481 g/mol. The molecule has 10 heteroatoms. The van der Waals surface area contributed by atoms with Gasteiger partial charge in [0.05, 0.1) is 31.2 Å². The van der Waals surface area contributed by atoms with Crippen LogP contribution in [0.5, 0.6) is 5.75 Å². The number of carbonyl (C=O) groups is 2. The smallest absolute Gasteiger partial charge is 0.265 e. The number of carbonyl (C=O) groups excluding carboxylic acids is 2. The van der Waals surface area contributed by atoms with Crippen molar-refractivity contribution in [3.05, 3.63) is 52.8 Å². The van der Waals surface area contributed by atoms with E-state index in [1.807, 2.05) is 0 Å². The van der Waals surface area contributed by atoms with Gasteiger partial charge in [0.2, 0.25) is 11.8 Å². The highest BCUT2D eigenvalue weighted by Gasteiger charge is 2.47. The highest BCUT2D eigenvalue weighted by atomic mass is 35.5. The molecule has 0 spiro atoms. The van der Waals surface area contributed by atoms with Gasteiger partial charge < -0.3 is 4.74 Å². The van der Waals surface area contributed by atoms with Gasteiger partial charge >= 0.3 is 0 Å². The first-order valence-electron chi connectivity index (χ1n) is 10.2. The summed E-state index contributed by atoms with van der Waals surface area (Å²) < 4.78 is 47.5. The molecule has 2 fully saturated rings. The van der Waals surface area contributed by atoms with Crippen LogP contribution in [-0.4, -0.2) is 32.2 Å². The zero-order valence-electron chi connectivity index (χ0n) is 17.3. The van der Waals surface area contributed by atoms with Gasteiger partial charge in [0.15, 0.2) is 0 Å². The number of imide groups is 1. The number of ether oxygens (including phenoxy) is 1. The maximum Gasteiger partial charge on any atom is 0.265 e. The highest BCUT2D eigenvalue weighted by Crippen LogP contribution is 2.39. The number of fused-ring (bicyclic) bond motifs is 1. The van der Waals surface area contributed by atoms with Gasteiger partial charge in [-0.3, -0.25) is 19.2 Å². The Morgan fingerprint density at radius 3 is 2.34 bits per heavy atom. The molecule has 4 rings (SSSR count). The van der Waals surface area contributed by atoms with E-state index in [0.717, 1.165) is 18.9 Å². The van der Waals surface area contributed by atoms with Crippen LogP contribution in [0.15, 0.2) is 41.3 Å². The summed E-state index contributed by atoms with van der Waals surface area (Å²) in [6, 6.07) is 7.95. The van der Waals surface area contributed by atoms with Crippen LogP contribution in [-0.2, 0) is 26.2 Å². The third kappa shape index (κ3) is 4.19. The SMILES string of the molecule is COc1ccc(CN2C(=O)[C@@H]3CCCC[C@H]3C2=O)cc1S(=O)(=O)Nc1ccc(Cl)cc1F. The minimum Gasteiger partial charge on any atom is -0.495 e. The number of hydrogen-bond acceptors (Lipinski definition) is 5. The van der Waals surface area contributed by atoms with Gasteiger partial charge in [-0.1, -0.05) is 30.5 Å². The molecule has 1 saturated carbocycles. The van der Waals surface area contributed by atoms with Crippen molar-refractivity contribution in [1.82, 2.24) is 4.90 Å². The van der Waals surface area contributed by atoms with E-state index in [4.69, 9.17) is 16.3 Å². The molecule has 0 radical (unpaired) electrons. The first-order chi connectivity index (χ1) is 15.2. The van der Waals surface area contributed by atoms with Crippen molar-refractivity contribution < 1.29 is 27.1 Å². The van der Waals surface area contributed by atoms with Gasteiger partial charge in [0, 0.05) is 5.02 Å². The second kappa shape index (κ2) is 8.71. The van der Waals surface area contributed by atoms with Crippen LogP contribution in [0.4, 0.5) is 10.1 Å². The number of halogens is 2. The monoisotopic (exact) mass is 480 g/mol. The van der Waals surface area contributed by atoms with Gasteiger partial charge in [-0.05, 0) is 48.7 Å². The van der Waals surface area contributed by atoms with E-state index in [-0.39, 0.29) is 51.5 Å². The molecule has 1 aliphatic heterocycles. The lowest BCUT2D eigenvalue weighted by molar-refractivity contribution is -0.140. The first kappa shape index (κ1) is 22.5. The standard InChI is InChI=1S/C22H22ClFN2O5S/c1-31-19-9-6-13(12-26-21(27)15-4-2-3-5-16(15)22(26)28)10-20(19)32(29,30)25-18-8-7-14(23)11-17(18)24/h6-11,15-16,25H,2-5,12H2,1H3/t15-,16-/m1/s1. The Kier molecular flexibility index (Phi) is 6.13. The average Bonchev–Trinajstić information content (AvgIpc) is 3.01. The van der Waals surface area contributed by atoms with Crippen molar-refractivity contribution in [1.29, 1.82) is 0 Å². The molecule has 0 aromatic heterocycles. The summed E-state index contributed by atoms with van der Waals surface area (Å²) in [4.78, 5) is 26.5. The first-order valence-corrected chi connectivity index (χ1v) is 12.1. The molecule has 170 valence electrons. The fraction of sp³-hybridized carbons (Fsp3) is 0.364. The summed E-state index contributed by atoms with van der Waals surface area (Å²) in [5.41, 5.74) is 0.180. The van der Waals surface area contributed by atoms with Crippen molar-refractivity contribution in [2.75, 3.05) is 11.8 Å². The summed E-state index contributed by atoms with van der Waals surface area (Å²) in [5.74, 6) is -1.77. The number of hydrogen-bond donors (Lipinski definition) is 1. The van der Waals surface area contributed by atoms with Crippen molar-refractivity contribution in [2.24, 2.45) is 11.8 Å². The summed E-state index contributed by atoms with van der Waals surface area (Å²) in [6.45, 7) is -0.0352. The van der Waals surface area contributed by atoms with E-state index in [0.29, 0.717) is 18.4 Å². The van der Waals surface area contributed by atoms with E-state index in [2.05, 4.69) is 4.72 Å². The van der Waals surface area contributed by atoms with Crippen LogP contribution in [0.25, 0.3) is 0 Å². The molecule has 2 atom stereocenters. The molecule has 1 aliphatic carbocycles. The molecule has 2 amide bonds. The second-order valence-corrected chi connectivity index (χ2v) is 10.1. The fourth-order valence-electron chi connectivity index (χ4n) is 4.37. The summed E-state index contributed by atoms with van der Waals surface area (Å²) >= 11 is 5.73. The minimum atomic E-state index is -4.24. The van der Waals surface area contributed by atoms with Crippen molar-refractivity contribution >= 4 is 39.1 Å². The van der Waals surface area contributed by atoms with Crippen molar-refractivity contribution in [2.45, 2.75) is 37.1 Å².